The van der Waals surface area contributed by atoms with Gasteiger partial charge in [-0.1, -0.05) is 158 Å². The van der Waals surface area contributed by atoms with E-state index in [2.05, 4.69) is 132 Å². The summed E-state index contributed by atoms with van der Waals surface area (Å²) in [5, 5.41) is 9.81. The van der Waals surface area contributed by atoms with Crippen LogP contribution in [0.4, 0.5) is 0 Å². The molecule has 4 nitrogen and oxygen atoms in total. The van der Waals surface area contributed by atoms with Crippen LogP contribution in [0.25, 0.3) is 38.6 Å². The lowest BCUT2D eigenvalue weighted by atomic mass is 9.91. The molecule has 0 saturated carbocycles. The van der Waals surface area contributed by atoms with Crippen LogP contribution < -0.4 is 16.4 Å². The van der Waals surface area contributed by atoms with E-state index < -0.39 is 0 Å². The largest absolute Gasteiger partial charge is 0.404 e. The van der Waals surface area contributed by atoms with Crippen LogP contribution in [0.3, 0.4) is 0 Å². The molecule has 0 bridgehead atoms. The quantitative estimate of drug-likeness (QED) is 0.161. The second-order valence-electron chi connectivity index (χ2n) is 11.4. The van der Waals surface area contributed by atoms with Crippen molar-refractivity contribution in [2.24, 2.45) is 10.7 Å². The number of nitrogens with zero attached hydrogens (tertiary/aromatic N) is 1. The number of rotatable bonds is 7. The van der Waals surface area contributed by atoms with E-state index in [4.69, 9.17) is 10.7 Å². The minimum absolute atomic E-state index is 0.100. The maximum atomic E-state index is 5.87. The highest BCUT2D eigenvalue weighted by atomic mass is 15.3. The molecule has 0 radical (unpaired) electrons. The van der Waals surface area contributed by atoms with Crippen LogP contribution in [0.2, 0.25) is 0 Å². The number of hydrogen-bond donors (Lipinski definition) is 3. The van der Waals surface area contributed by atoms with Crippen molar-refractivity contribution in [3.8, 4) is 22.3 Å². The fourth-order valence-electron chi connectivity index (χ4n) is 6.21. The molecular weight excluding hydrogens is 560 g/mol. The highest BCUT2D eigenvalue weighted by Gasteiger charge is 2.25. The molecule has 6 aromatic rings. The number of allylic oxidation sites excluding steroid dienone is 3. The Labute approximate surface area is 270 Å². The third-order valence-corrected chi connectivity index (χ3v) is 8.56. The van der Waals surface area contributed by atoms with Crippen LogP contribution in [0, 0.1) is 0 Å². The van der Waals surface area contributed by atoms with Gasteiger partial charge >= 0.3 is 0 Å². The molecule has 2 atom stereocenters. The number of nitrogens with two attached hydrogens (primary N) is 1. The zero-order valence-corrected chi connectivity index (χ0v) is 25.8. The van der Waals surface area contributed by atoms with E-state index in [0.717, 1.165) is 33.7 Å². The summed E-state index contributed by atoms with van der Waals surface area (Å²) in [7, 11) is 0. The first kappa shape index (κ1) is 29.0. The average Bonchev–Trinajstić information content (AvgIpc) is 3.14. The summed E-state index contributed by atoms with van der Waals surface area (Å²) in [4.78, 5) is 5.04. The van der Waals surface area contributed by atoms with Gasteiger partial charge in [-0.25, -0.2) is 4.99 Å². The Kier molecular flexibility index (Phi) is 8.27. The van der Waals surface area contributed by atoms with Gasteiger partial charge in [-0.05, 0) is 62.2 Å². The molecule has 7 rings (SSSR count). The summed E-state index contributed by atoms with van der Waals surface area (Å²) >= 11 is 0. The lowest BCUT2D eigenvalue weighted by Crippen LogP contribution is -2.44. The molecule has 4 heteroatoms. The standard InChI is InChI=1S/C42H36N4/c1-2-11-35(28-43)29-18-20-30(21-19-29)36-26-27-37(39-17-10-9-16-38(36)39)31-22-24-34(25-23-31)42-45-40(32-12-5-3-6-13-32)44-41(46-42)33-14-7-4-8-15-33/h2-28,40,42,45H,43H2,1H3,(H,44,46)/b11-2-,35-28+. The topological polar surface area (TPSA) is 62.4 Å². The summed E-state index contributed by atoms with van der Waals surface area (Å²) in [6.45, 7) is 2.00. The third kappa shape index (κ3) is 5.86. The second-order valence-corrected chi connectivity index (χ2v) is 11.4. The van der Waals surface area contributed by atoms with Gasteiger partial charge in [0.1, 0.15) is 18.2 Å². The molecule has 0 saturated heterocycles. The molecule has 1 aliphatic rings. The Balaban J connectivity index is 1.20. The number of hydrogen-bond acceptors (Lipinski definition) is 4. The second kappa shape index (κ2) is 13.1. The van der Waals surface area contributed by atoms with Gasteiger partial charge < -0.3 is 11.1 Å². The van der Waals surface area contributed by atoms with Crippen molar-refractivity contribution < 1.29 is 0 Å². The molecule has 1 heterocycles. The predicted octanol–water partition coefficient (Wildman–Crippen LogP) is 9.39. The summed E-state index contributed by atoms with van der Waals surface area (Å²) in [6, 6.07) is 51.4. The number of nitrogens with one attached hydrogen (secondary N) is 2. The fraction of sp³-hybridized carbons (Fsp3) is 0.0714. The zero-order valence-electron chi connectivity index (χ0n) is 25.8. The van der Waals surface area contributed by atoms with Gasteiger partial charge in [0, 0.05) is 11.8 Å². The van der Waals surface area contributed by atoms with E-state index in [1.165, 1.54) is 33.0 Å². The van der Waals surface area contributed by atoms with Crippen LogP contribution >= 0.6 is 0 Å². The predicted molar refractivity (Wildman–Crippen MR) is 193 cm³/mol. The van der Waals surface area contributed by atoms with Gasteiger partial charge in [0.15, 0.2) is 0 Å². The van der Waals surface area contributed by atoms with Crippen LogP contribution in [0.5, 0.6) is 0 Å². The minimum Gasteiger partial charge on any atom is -0.404 e. The Morgan fingerprint density at radius 3 is 1.76 bits per heavy atom. The van der Waals surface area contributed by atoms with Crippen LogP contribution in [0.1, 0.15) is 41.5 Å². The summed E-state index contributed by atoms with van der Waals surface area (Å²) in [6.07, 6.45) is 5.43. The highest BCUT2D eigenvalue weighted by Crippen LogP contribution is 2.36. The van der Waals surface area contributed by atoms with Gasteiger partial charge in [0.2, 0.25) is 0 Å². The molecule has 2 unspecified atom stereocenters. The van der Waals surface area contributed by atoms with Gasteiger partial charge in [0.05, 0.1) is 0 Å². The summed E-state index contributed by atoms with van der Waals surface area (Å²) in [5.41, 5.74) is 16.1. The normalized spacial score (nSPS) is 16.7. The van der Waals surface area contributed by atoms with Crippen molar-refractivity contribution in [2.45, 2.75) is 19.3 Å². The van der Waals surface area contributed by atoms with Crippen LogP contribution in [0.15, 0.2) is 169 Å². The number of aliphatic imine (C=N–C) groups is 1. The fourth-order valence-corrected chi connectivity index (χ4v) is 6.21. The molecule has 0 fully saturated rings. The Morgan fingerprint density at radius 2 is 1.17 bits per heavy atom. The molecule has 0 amide bonds. The molecule has 1 aliphatic heterocycles. The van der Waals surface area contributed by atoms with E-state index in [9.17, 15) is 0 Å². The van der Waals surface area contributed by atoms with Crippen molar-refractivity contribution in [2.75, 3.05) is 0 Å². The average molecular weight is 597 g/mol. The Morgan fingerprint density at radius 1 is 0.609 bits per heavy atom. The maximum Gasteiger partial charge on any atom is 0.131 e. The highest BCUT2D eigenvalue weighted by molar-refractivity contribution is 6.05. The van der Waals surface area contributed by atoms with Crippen molar-refractivity contribution in [1.29, 1.82) is 0 Å². The number of benzene rings is 6. The SMILES string of the molecule is C/C=C\C(=C/N)c1ccc(-c2ccc(-c3ccc(C4NC(c5ccccc5)=NC(c5ccccc5)N4)cc3)c3ccccc23)cc1. The maximum absolute atomic E-state index is 5.87. The Hall–Kier alpha value is -5.71. The van der Waals surface area contributed by atoms with Crippen LogP contribution in [-0.2, 0) is 0 Å². The van der Waals surface area contributed by atoms with Crippen molar-refractivity contribution in [1.82, 2.24) is 10.6 Å². The minimum atomic E-state index is -0.158. The monoisotopic (exact) mass is 596 g/mol. The zero-order chi connectivity index (χ0) is 31.3. The molecule has 46 heavy (non-hydrogen) atoms. The van der Waals surface area contributed by atoms with E-state index in [0.29, 0.717) is 0 Å². The van der Waals surface area contributed by atoms with E-state index >= 15 is 0 Å². The van der Waals surface area contributed by atoms with Gasteiger partial charge in [-0.15, -0.1) is 0 Å². The summed E-state index contributed by atoms with van der Waals surface area (Å²) in [5.74, 6) is 0.883. The number of fused-ring (bicyclic) bond motifs is 1. The van der Waals surface area contributed by atoms with Crippen molar-refractivity contribution in [3.63, 3.8) is 0 Å². The van der Waals surface area contributed by atoms with Crippen molar-refractivity contribution >= 4 is 22.2 Å². The van der Waals surface area contributed by atoms with Gasteiger partial charge in [-0.2, -0.15) is 0 Å². The number of amidine groups is 1. The molecular formula is C42H36N4. The smallest absolute Gasteiger partial charge is 0.131 e. The molecule has 224 valence electrons. The summed E-state index contributed by atoms with van der Waals surface area (Å²) < 4.78 is 0. The van der Waals surface area contributed by atoms with Gasteiger partial charge in [-0.3, -0.25) is 5.32 Å². The first-order chi connectivity index (χ1) is 22.7. The molecule has 0 aromatic heterocycles. The third-order valence-electron chi connectivity index (χ3n) is 8.56. The van der Waals surface area contributed by atoms with E-state index in [1.807, 2.05) is 43.3 Å². The van der Waals surface area contributed by atoms with Crippen molar-refractivity contribution in [3.05, 3.63) is 186 Å². The van der Waals surface area contributed by atoms with Crippen LogP contribution in [-0.4, -0.2) is 5.84 Å². The first-order valence-electron chi connectivity index (χ1n) is 15.7. The molecule has 4 N–H and O–H groups in total. The first-order valence-corrected chi connectivity index (χ1v) is 15.7. The lowest BCUT2D eigenvalue weighted by molar-refractivity contribution is 0.409. The Bertz CT molecular complexity index is 2040. The lowest BCUT2D eigenvalue weighted by Gasteiger charge is -2.32. The van der Waals surface area contributed by atoms with Gasteiger partial charge in [0.25, 0.3) is 0 Å². The van der Waals surface area contributed by atoms with E-state index in [1.54, 1.807) is 6.20 Å². The van der Waals surface area contributed by atoms with E-state index in [-0.39, 0.29) is 12.3 Å². The molecule has 0 spiro atoms. The molecule has 6 aromatic carbocycles. The molecule has 0 aliphatic carbocycles.